The summed E-state index contributed by atoms with van der Waals surface area (Å²) in [7, 11) is 0. The number of benzene rings is 1. The number of nitrogens with zero attached hydrogens (tertiary/aromatic N) is 4. The molecule has 1 aromatic carbocycles. The predicted octanol–water partition coefficient (Wildman–Crippen LogP) is 1.93. The first-order valence-corrected chi connectivity index (χ1v) is 8.87. The second-order valence-corrected chi connectivity index (χ2v) is 7.61. The lowest BCUT2D eigenvalue weighted by molar-refractivity contribution is -0.158. The Bertz CT molecular complexity index is 785. The minimum atomic E-state index is -0.425. The number of carbonyl (C=O) groups is 2. The van der Waals surface area contributed by atoms with Crippen LogP contribution >= 0.6 is 11.3 Å². The van der Waals surface area contributed by atoms with E-state index >= 15 is 0 Å². The summed E-state index contributed by atoms with van der Waals surface area (Å²) in [6.07, 6.45) is 1.98. The van der Waals surface area contributed by atoms with Crippen molar-refractivity contribution in [3.05, 3.63) is 35.3 Å². The Hall–Kier alpha value is -2.28. The van der Waals surface area contributed by atoms with Crippen LogP contribution in [-0.4, -0.2) is 50.4 Å². The Morgan fingerprint density at radius 1 is 1.08 bits per heavy atom. The predicted molar refractivity (Wildman–Crippen MR) is 90.1 cm³/mol. The molecule has 0 bridgehead atoms. The third-order valence-electron chi connectivity index (χ3n) is 4.75. The van der Waals surface area contributed by atoms with E-state index in [2.05, 4.69) is 10.2 Å². The first-order valence-electron chi connectivity index (χ1n) is 8.05. The Labute approximate surface area is 144 Å². The highest BCUT2D eigenvalue weighted by Crippen LogP contribution is 2.41. The van der Waals surface area contributed by atoms with Crippen LogP contribution in [0.4, 0.5) is 0 Å². The zero-order valence-electron chi connectivity index (χ0n) is 13.4. The fraction of sp³-hybridized carbons (Fsp3) is 0.412. The molecule has 2 amide bonds. The number of piperazine rings is 1. The number of aromatic nitrogens is 2. The molecule has 0 N–H and O–H groups in total. The van der Waals surface area contributed by atoms with E-state index in [9.17, 15) is 9.59 Å². The number of hydrogen-bond acceptors (Lipinski definition) is 5. The lowest BCUT2D eigenvalue weighted by Crippen LogP contribution is -2.57. The molecule has 1 saturated heterocycles. The number of carbonyl (C=O) groups excluding carboxylic acids is 2. The minimum absolute atomic E-state index is 0.0952. The monoisotopic (exact) mass is 342 g/mol. The molecule has 0 spiro atoms. The Balaban J connectivity index is 1.46. The molecule has 24 heavy (non-hydrogen) atoms. The number of hydrogen-bond donors (Lipinski definition) is 0. The molecule has 0 unspecified atom stereocenters. The largest absolute Gasteiger partial charge is 0.327 e. The topological polar surface area (TPSA) is 66.4 Å². The summed E-state index contributed by atoms with van der Waals surface area (Å²) in [6, 6.07) is 9.82. The summed E-state index contributed by atoms with van der Waals surface area (Å²) >= 11 is 1.46. The van der Waals surface area contributed by atoms with Gasteiger partial charge in [-0.2, -0.15) is 0 Å². The molecular formula is C17H18N4O2S. The van der Waals surface area contributed by atoms with E-state index in [-0.39, 0.29) is 11.4 Å². The summed E-state index contributed by atoms with van der Waals surface area (Å²) in [4.78, 5) is 28.0. The van der Waals surface area contributed by atoms with E-state index in [4.69, 9.17) is 0 Å². The molecule has 7 heteroatoms. The van der Waals surface area contributed by atoms with Gasteiger partial charge in [-0.1, -0.05) is 41.7 Å². The second-order valence-electron chi connectivity index (χ2n) is 6.55. The van der Waals surface area contributed by atoms with Crippen molar-refractivity contribution in [2.24, 2.45) is 0 Å². The van der Waals surface area contributed by atoms with Crippen LogP contribution in [-0.2, 0) is 16.1 Å². The lowest BCUT2D eigenvalue weighted by atomic mass is 10.2. The van der Waals surface area contributed by atoms with Gasteiger partial charge in [0.1, 0.15) is 10.0 Å². The van der Waals surface area contributed by atoms with Crippen LogP contribution in [0, 0.1) is 0 Å². The molecule has 0 radical (unpaired) electrons. The lowest BCUT2D eigenvalue weighted by Gasteiger charge is -2.37. The molecule has 1 aliphatic heterocycles. The molecule has 4 rings (SSSR count). The van der Waals surface area contributed by atoms with Gasteiger partial charge in [-0.15, -0.1) is 10.2 Å². The molecule has 2 fully saturated rings. The Morgan fingerprint density at radius 2 is 1.83 bits per heavy atom. The average Bonchev–Trinajstić information content (AvgIpc) is 3.17. The normalized spacial score (nSPS) is 19.7. The van der Waals surface area contributed by atoms with Gasteiger partial charge in [-0.05, 0) is 19.8 Å². The van der Waals surface area contributed by atoms with Gasteiger partial charge in [-0.3, -0.25) is 9.59 Å². The van der Waals surface area contributed by atoms with Gasteiger partial charge in [0.2, 0.25) is 0 Å². The van der Waals surface area contributed by atoms with E-state index in [1.54, 1.807) is 9.80 Å². The van der Waals surface area contributed by atoms with Crippen LogP contribution < -0.4 is 0 Å². The molecular weight excluding hydrogens is 324 g/mol. The highest BCUT2D eigenvalue weighted by Gasteiger charge is 2.49. The van der Waals surface area contributed by atoms with Crippen molar-refractivity contribution in [2.75, 3.05) is 13.1 Å². The van der Waals surface area contributed by atoms with Crippen LogP contribution in [0.1, 0.15) is 24.8 Å². The van der Waals surface area contributed by atoms with E-state index in [0.29, 0.717) is 19.6 Å². The van der Waals surface area contributed by atoms with Gasteiger partial charge < -0.3 is 9.80 Å². The van der Waals surface area contributed by atoms with E-state index < -0.39 is 5.91 Å². The average molecular weight is 342 g/mol. The van der Waals surface area contributed by atoms with Crippen LogP contribution in [0.15, 0.2) is 30.3 Å². The molecule has 1 aliphatic carbocycles. The van der Waals surface area contributed by atoms with Crippen molar-refractivity contribution in [3.63, 3.8) is 0 Å². The van der Waals surface area contributed by atoms with Crippen LogP contribution in [0.3, 0.4) is 0 Å². The molecule has 2 aliphatic rings. The van der Waals surface area contributed by atoms with Crippen LogP contribution in [0.25, 0.3) is 10.6 Å². The molecule has 2 heterocycles. The van der Waals surface area contributed by atoms with Gasteiger partial charge in [0.05, 0.1) is 6.54 Å². The molecule has 124 valence electrons. The van der Waals surface area contributed by atoms with Crippen molar-refractivity contribution in [3.8, 4) is 10.6 Å². The third kappa shape index (κ3) is 2.69. The fourth-order valence-electron chi connectivity index (χ4n) is 2.97. The van der Waals surface area contributed by atoms with Crippen molar-refractivity contribution >= 4 is 23.2 Å². The highest BCUT2D eigenvalue weighted by molar-refractivity contribution is 7.14. The van der Waals surface area contributed by atoms with Crippen molar-refractivity contribution in [2.45, 2.75) is 31.8 Å². The van der Waals surface area contributed by atoms with E-state index in [1.807, 2.05) is 37.3 Å². The minimum Gasteiger partial charge on any atom is -0.327 e. The Kier molecular flexibility index (Phi) is 3.60. The molecule has 1 saturated carbocycles. The van der Waals surface area contributed by atoms with Gasteiger partial charge in [0, 0.05) is 24.2 Å². The van der Waals surface area contributed by atoms with Gasteiger partial charge in [0.25, 0.3) is 0 Å². The van der Waals surface area contributed by atoms with Crippen molar-refractivity contribution in [1.82, 2.24) is 20.0 Å². The van der Waals surface area contributed by atoms with E-state index in [0.717, 1.165) is 28.4 Å². The number of rotatable bonds is 4. The molecule has 0 atom stereocenters. The quantitative estimate of drug-likeness (QED) is 0.796. The van der Waals surface area contributed by atoms with Gasteiger partial charge >= 0.3 is 11.8 Å². The first-order chi connectivity index (χ1) is 11.6. The first kappa shape index (κ1) is 15.3. The zero-order chi connectivity index (χ0) is 16.7. The zero-order valence-corrected chi connectivity index (χ0v) is 14.3. The van der Waals surface area contributed by atoms with Crippen LogP contribution in [0.5, 0.6) is 0 Å². The second kappa shape index (κ2) is 5.66. The number of amides is 2. The third-order valence-corrected chi connectivity index (χ3v) is 5.70. The summed E-state index contributed by atoms with van der Waals surface area (Å²) in [6.45, 7) is 3.55. The highest BCUT2D eigenvalue weighted by atomic mass is 32.1. The fourth-order valence-corrected chi connectivity index (χ4v) is 3.83. The SMILES string of the molecule is CC1(N2CCN(Cc3nnc(-c4ccccc4)s3)C(=O)C2=O)CC1. The summed E-state index contributed by atoms with van der Waals surface area (Å²) in [5.41, 5.74) is 0.914. The molecule has 2 aromatic rings. The molecule has 6 nitrogen and oxygen atoms in total. The summed E-state index contributed by atoms with van der Waals surface area (Å²) < 4.78 is 0. The summed E-state index contributed by atoms with van der Waals surface area (Å²) in [5.74, 6) is -0.806. The Morgan fingerprint density at radius 3 is 2.54 bits per heavy atom. The van der Waals surface area contributed by atoms with E-state index in [1.165, 1.54) is 11.3 Å². The molecule has 1 aromatic heterocycles. The van der Waals surface area contributed by atoms with Gasteiger partial charge in [0.15, 0.2) is 0 Å². The maximum Gasteiger partial charge on any atom is 0.312 e. The smallest absolute Gasteiger partial charge is 0.312 e. The van der Waals surface area contributed by atoms with Gasteiger partial charge in [-0.25, -0.2) is 0 Å². The van der Waals surface area contributed by atoms with Crippen molar-refractivity contribution < 1.29 is 9.59 Å². The standard InChI is InChI=1S/C17H18N4O2S/c1-17(7-8-17)21-10-9-20(15(22)16(21)23)11-13-18-19-14(24-13)12-5-3-2-4-6-12/h2-6H,7-11H2,1H3. The maximum atomic E-state index is 12.4. The summed E-state index contributed by atoms with van der Waals surface area (Å²) in [5, 5.41) is 9.95. The van der Waals surface area contributed by atoms with Crippen molar-refractivity contribution in [1.29, 1.82) is 0 Å². The van der Waals surface area contributed by atoms with Crippen LogP contribution in [0.2, 0.25) is 0 Å². The maximum absolute atomic E-state index is 12.4.